The summed E-state index contributed by atoms with van der Waals surface area (Å²) in [6.45, 7) is 4.71. The average molecular weight is 692 g/mol. The molecule has 11 aromatic rings. The Labute approximate surface area is 311 Å². The summed E-state index contributed by atoms with van der Waals surface area (Å²) in [5.74, 6) is 0. The average Bonchev–Trinajstić information content (AvgIpc) is 3.94. The number of benzene rings is 8. The van der Waals surface area contributed by atoms with Gasteiger partial charge in [-0.3, -0.25) is 0 Å². The molecule has 3 aromatic heterocycles. The van der Waals surface area contributed by atoms with Crippen molar-refractivity contribution in [2.24, 2.45) is 0 Å². The van der Waals surface area contributed by atoms with Gasteiger partial charge in [-0.1, -0.05) is 117 Å². The third-order valence-corrected chi connectivity index (χ3v) is 12.0. The second-order valence-corrected chi connectivity index (χ2v) is 15.3. The smallest absolute Gasteiger partial charge is 0.143 e. The van der Waals surface area contributed by atoms with Crippen LogP contribution in [0, 0.1) is 0 Å². The van der Waals surface area contributed by atoms with Gasteiger partial charge in [0.2, 0.25) is 0 Å². The van der Waals surface area contributed by atoms with E-state index in [2.05, 4.69) is 170 Å². The lowest BCUT2D eigenvalue weighted by Gasteiger charge is -2.22. The second kappa shape index (κ2) is 10.6. The van der Waals surface area contributed by atoms with Crippen molar-refractivity contribution in [3.8, 4) is 39.1 Å². The summed E-state index contributed by atoms with van der Waals surface area (Å²) in [7, 11) is 0. The van der Waals surface area contributed by atoms with Crippen LogP contribution in [-0.2, 0) is 5.41 Å². The molecule has 1 aliphatic rings. The van der Waals surface area contributed by atoms with Crippen molar-refractivity contribution in [2.45, 2.75) is 19.3 Å². The van der Waals surface area contributed by atoms with Crippen molar-refractivity contribution in [1.82, 2.24) is 4.57 Å². The molecule has 54 heavy (non-hydrogen) atoms. The van der Waals surface area contributed by atoms with Gasteiger partial charge in [-0.05, 0) is 99.6 Å². The zero-order valence-electron chi connectivity index (χ0n) is 29.9. The molecule has 0 unspecified atom stereocenters. The Hall–Kier alpha value is -6.84. The summed E-state index contributed by atoms with van der Waals surface area (Å²) in [6, 6.07) is 59.2. The summed E-state index contributed by atoms with van der Waals surface area (Å²) >= 11 is 0. The number of fused-ring (bicyclic) bond motifs is 13. The number of furan rings is 2. The van der Waals surface area contributed by atoms with E-state index in [0.29, 0.717) is 0 Å². The molecular weight excluding hydrogens is 659 g/mol. The first-order valence-electron chi connectivity index (χ1n) is 18.7. The number of nitrogens with zero attached hydrogens (tertiary/aromatic N) is 1. The number of hydrogen-bond donors (Lipinski definition) is 0. The zero-order chi connectivity index (χ0) is 35.7. The van der Waals surface area contributed by atoms with Crippen LogP contribution in [0.25, 0.3) is 105 Å². The molecule has 8 aromatic carbocycles. The Balaban J connectivity index is 1.07. The van der Waals surface area contributed by atoms with Crippen LogP contribution in [0.5, 0.6) is 0 Å². The Bertz CT molecular complexity index is 3350. The maximum Gasteiger partial charge on any atom is 0.143 e. The van der Waals surface area contributed by atoms with Crippen LogP contribution in [0.15, 0.2) is 173 Å². The van der Waals surface area contributed by atoms with Gasteiger partial charge in [0.05, 0.1) is 11.0 Å². The molecule has 254 valence electrons. The number of hydrogen-bond acceptors (Lipinski definition) is 2. The quantitative estimate of drug-likeness (QED) is 0.185. The van der Waals surface area contributed by atoms with Gasteiger partial charge in [0.1, 0.15) is 22.3 Å². The van der Waals surface area contributed by atoms with Crippen LogP contribution in [0.2, 0.25) is 0 Å². The second-order valence-electron chi connectivity index (χ2n) is 15.3. The lowest BCUT2D eigenvalue weighted by molar-refractivity contribution is 0.657. The molecule has 0 aliphatic heterocycles. The molecule has 3 heterocycles. The minimum Gasteiger partial charge on any atom is -0.456 e. The van der Waals surface area contributed by atoms with Gasteiger partial charge in [-0.25, -0.2) is 0 Å². The van der Waals surface area contributed by atoms with E-state index < -0.39 is 0 Å². The van der Waals surface area contributed by atoms with Crippen LogP contribution < -0.4 is 0 Å². The molecule has 0 saturated carbocycles. The van der Waals surface area contributed by atoms with Crippen LogP contribution in [0.3, 0.4) is 0 Å². The number of rotatable bonds is 3. The van der Waals surface area contributed by atoms with E-state index in [-0.39, 0.29) is 5.41 Å². The van der Waals surface area contributed by atoms with Gasteiger partial charge in [-0.2, -0.15) is 0 Å². The first-order valence-corrected chi connectivity index (χ1v) is 18.7. The molecule has 1 aliphatic carbocycles. The molecular formula is C51H33NO2. The van der Waals surface area contributed by atoms with E-state index in [1.165, 1.54) is 66.0 Å². The van der Waals surface area contributed by atoms with Crippen LogP contribution in [-0.4, -0.2) is 4.57 Å². The van der Waals surface area contributed by atoms with E-state index in [9.17, 15) is 0 Å². The maximum absolute atomic E-state index is 6.49. The molecule has 0 bridgehead atoms. The lowest BCUT2D eigenvalue weighted by Crippen LogP contribution is -2.15. The van der Waals surface area contributed by atoms with Crippen LogP contribution in [0.1, 0.15) is 25.0 Å². The predicted molar refractivity (Wildman–Crippen MR) is 224 cm³/mol. The van der Waals surface area contributed by atoms with Crippen molar-refractivity contribution in [2.75, 3.05) is 0 Å². The fourth-order valence-electron chi connectivity index (χ4n) is 9.52. The van der Waals surface area contributed by atoms with Gasteiger partial charge >= 0.3 is 0 Å². The van der Waals surface area contributed by atoms with E-state index in [1.54, 1.807) is 0 Å². The van der Waals surface area contributed by atoms with E-state index in [0.717, 1.165) is 49.9 Å². The fourth-order valence-corrected chi connectivity index (χ4v) is 9.52. The molecule has 0 spiro atoms. The lowest BCUT2D eigenvalue weighted by atomic mass is 9.80. The predicted octanol–water partition coefficient (Wildman–Crippen LogP) is 14.2. The SMILES string of the molecule is CC1(C)c2ccc(-c3ccc4c(c3)c3cc(-c5cccc6c5oc5ccccc56)ccc3n4-c3ccccc3)cc2-c2ccc3oc4ccccc4c3c21. The van der Waals surface area contributed by atoms with Crippen molar-refractivity contribution in [3.05, 3.63) is 175 Å². The third kappa shape index (κ3) is 3.96. The van der Waals surface area contributed by atoms with Crippen molar-refractivity contribution >= 4 is 65.7 Å². The zero-order valence-corrected chi connectivity index (χ0v) is 29.9. The topological polar surface area (TPSA) is 31.2 Å². The molecule has 0 atom stereocenters. The molecule has 0 radical (unpaired) electrons. The Morgan fingerprint density at radius 2 is 1.07 bits per heavy atom. The fraction of sp³-hybridized carbons (Fsp3) is 0.0588. The highest BCUT2D eigenvalue weighted by Crippen LogP contribution is 2.54. The van der Waals surface area contributed by atoms with E-state index >= 15 is 0 Å². The van der Waals surface area contributed by atoms with Gasteiger partial charge in [-0.15, -0.1) is 0 Å². The van der Waals surface area contributed by atoms with Gasteiger partial charge in [0.25, 0.3) is 0 Å². The summed E-state index contributed by atoms with van der Waals surface area (Å²) in [6.07, 6.45) is 0. The molecule has 12 rings (SSSR count). The first-order chi connectivity index (χ1) is 26.5. The molecule has 3 nitrogen and oxygen atoms in total. The maximum atomic E-state index is 6.49. The van der Waals surface area contributed by atoms with Crippen molar-refractivity contribution < 1.29 is 8.83 Å². The van der Waals surface area contributed by atoms with E-state index in [1.807, 2.05) is 12.1 Å². The number of aromatic nitrogens is 1. The minimum absolute atomic E-state index is 0.165. The van der Waals surface area contributed by atoms with Crippen molar-refractivity contribution in [3.63, 3.8) is 0 Å². The van der Waals surface area contributed by atoms with Gasteiger partial charge < -0.3 is 13.4 Å². The standard InChI is InChI=1S/C51H33NO2/c1-51(2)42-23-19-30(27-39(42)36-22-26-47-48(49(36)51)38-14-7-9-18-46(38)53-47)31-20-24-43-40(28-31)41-29-32(21-25-44(41)52(43)33-11-4-3-5-12-33)34-15-10-16-37-35-13-6-8-17-45(35)54-50(34)37/h3-29H,1-2H3. The first kappa shape index (κ1) is 29.7. The molecule has 0 saturated heterocycles. The molecule has 0 amide bonds. The largest absolute Gasteiger partial charge is 0.456 e. The summed E-state index contributed by atoms with van der Waals surface area (Å²) in [5.41, 5.74) is 17.0. The summed E-state index contributed by atoms with van der Waals surface area (Å²) < 4.78 is 15.2. The monoisotopic (exact) mass is 691 g/mol. The Kier molecular flexibility index (Phi) is 5.84. The third-order valence-electron chi connectivity index (χ3n) is 12.0. The Morgan fingerprint density at radius 3 is 1.89 bits per heavy atom. The highest BCUT2D eigenvalue weighted by Gasteiger charge is 2.38. The van der Waals surface area contributed by atoms with Gasteiger partial charge in [0.15, 0.2) is 0 Å². The normalized spacial score (nSPS) is 13.5. The highest BCUT2D eigenvalue weighted by atomic mass is 16.3. The minimum atomic E-state index is -0.165. The summed E-state index contributed by atoms with van der Waals surface area (Å²) in [4.78, 5) is 0. The highest BCUT2D eigenvalue weighted by molar-refractivity contribution is 6.15. The van der Waals surface area contributed by atoms with Crippen molar-refractivity contribution in [1.29, 1.82) is 0 Å². The van der Waals surface area contributed by atoms with Crippen LogP contribution >= 0.6 is 0 Å². The molecule has 3 heteroatoms. The molecule has 0 N–H and O–H groups in total. The number of para-hydroxylation sites is 4. The summed E-state index contributed by atoms with van der Waals surface area (Å²) in [5, 5.41) is 7.13. The van der Waals surface area contributed by atoms with E-state index in [4.69, 9.17) is 8.83 Å². The van der Waals surface area contributed by atoms with Crippen LogP contribution in [0.4, 0.5) is 0 Å². The van der Waals surface area contributed by atoms with Gasteiger partial charge in [0, 0.05) is 49.0 Å². The molecule has 0 fully saturated rings. The Morgan fingerprint density at radius 1 is 0.426 bits per heavy atom.